The second kappa shape index (κ2) is 9.21. The number of anilines is 1. The Labute approximate surface area is 173 Å². The van der Waals surface area contributed by atoms with E-state index in [0.29, 0.717) is 0 Å². The molecule has 1 aromatic carbocycles. The van der Waals surface area contributed by atoms with Gasteiger partial charge in [0.15, 0.2) is 0 Å². The minimum Gasteiger partial charge on any atom is -0.355 e. The summed E-state index contributed by atoms with van der Waals surface area (Å²) in [4.78, 5) is 25.8. The average molecular weight is 391 g/mol. The summed E-state index contributed by atoms with van der Waals surface area (Å²) in [7, 11) is 0. The molecule has 152 valence electrons. The van der Waals surface area contributed by atoms with Crippen molar-refractivity contribution in [1.82, 2.24) is 14.9 Å². The molecule has 29 heavy (non-hydrogen) atoms. The Kier molecular flexibility index (Phi) is 6.23. The third kappa shape index (κ3) is 5.03. The Balaban J connectivity index is 1.24. The quantitative estimate of drug-likeness (QED) is 0.742. The van der Waals surface area contributed by atoms with Gasteiger partial charge in [0.2, 0.25) is 5.91 Å². The van der Waals surface area contributed by atoms with Gasteiger partial charge in [0.1, 0.15) is 5.82 Å². The van der Waals surface area contributed by atoms with Crippen molar-refractivity contribution in [3.05, 3.63) is 60.1 Å². The highest BCUT2D eigenvalue weighted by atomic mass is 16.2. The minimum atomic E-state index is 0.139. The lowest BCUT2D eigenvalue weighted by atomic mass is 9.79. The number of amides is 1. The summed E-state index contributed by atoms with van der Waals surface area (Å²) in [5, 5.41) is 0. The normalized spacial score (nSPS) is 19.1. The number of hydrogen-bond acceptors (Lipinski definition) is 4. The Morgan fingerprint density at radius 1 is 0.966 bits per heavy atom. The van der Waals surface area contributed by atoms with E-state index in [9.17, 15) is 4.79 Å². The number of carbonyl (C=O) groups excluding carboxylic acids is 1. The van der Waals surface area contributed by atoms with Crippen molar-refractivity contribution < 1.29 is 4.79 Å². The molecule has 0 spiro atoms. The molecular formula is C24H30N4O. The molecule has 2 fully saturated rings. The summed E-state index contributed by atoms with van der Waals surface area (Å²) >= 11 is 0. The van der Waals surface area contributed by atoms with E-state index in [0.717, 1.165) is 67.9 Å². The molecule has 2 aliphatic heterocycles. The van der Waals surface area contributed by atoms with Crippen molar-refractivity contribution >= 4 is 17.8 Å². The predicted molar refractivity (Wildman–Crippen MR) is 116 cm³/mol. The maximum atomic E-state index is 12.5. The number of aromatic nitrogens is 2. The molecule has 4 rings (SSSR count). The van der Waals surface area contributed by atoms with E-state index in [-0.39, 0.29) is 5.91 Å². The summed E-state index contributed by atoms with van der Waals surface area (Å²) in [6.07, 6.45) is 12.0. The van der Waals surface area contributed by atoms with Gasteiger partial charge < -0.3 is 9.80 Å². The Hall–Kier alpha value is -2.69. The van der Waals surface area contributed by atoms with Crippen LogP contribution in [0.5, 0.6) is 0 Å². The number of rotatable bonds is 4. The lowest BCUT2D eigenvalue weighted by Gasteiger charge is -2.40. The lowest BCUT2D eigenvalue weighted by molar-refractivity contribution is -0.127. The molecule has 5 heteroatoms. The summed E-state index contributed by atoms with van der Waals surface area (Å²) in [6.45, 7) is 5.87. The van der Waals surface area contributed by atoms with Gasteiger partial charge in [-0.3, -0.25) is 9.78 Å². The van der Waals surface area contributed by atoms with Gasteiger partial charge in [-0.05, 0) is 56.1 Å². The smallest absolute Gasteiger partial charge is 0.246 e. The van der Waals surface area contributed by atoms with Gasteiger partial charge in [0, 0.05) is 38.5 Å². The largest absolute Gasteiger partial charge is 0.355 e. The lowest BCUT2D eigenvalue weighted by Crippen LogP contribution is -2.42. The molecule has 0 bridgehead atoms. The van der Waals surface area contributed by atoms with Crippen LogP contribution in [0.2, 0.25) is 0 Å². The zero-order valence-electron chi connectivity index (χ0n) is 17.2. The van der Waals surface area contributed by atoms with Crippen LogP contribution >= 0.6 is 0 Å². The predicted octanol–water partition coefficient (Wildman–Crippen LogP) is 3.95. The van der Waals surface area contributed by atoms with Crippen molar-refractivity contribution in [2.24, 2.45) is 11.8 Å². The third-order valence-corrected chi connectivity index (χ3v) is 6.34. The first-order valence-electron chi connectivity index (χ1n) is 10.7. The van der Waals surface area contributed by atoms with Crippen LogP contribution in [0.3, 0.4) is 0 Å². The van der Waals surface area contributed by atoms with Crippen molar-refractivity contribution in [2.45, 2.75) is 32.6 Å². The zero-order valence-corrected chi connectivity index (χ0v) is 17.2. The molecule has 2 aliphatic rings. The maximum Gasteiger partial charge on any atom is 0.246 e. The van der Waals surface area contributed by atoms with Crippen LogP contribution in [0.4, 0.5) is 5.82 Å². The van der Waals surface area contributed by atoms with Crippen LogP contribution in [0.15, 0.2) is 48.8 Å². The van der Waals surface area contributed by atoms with Crippen LogP contribution in [0.25, 0.3) is 6.08 Å². The number of benzene rings is 1. The minimum absolute atomic E-state index is 0.139. The topological polar surface area (TPSA) is 49.3 Å². The number of aryl methyl sites for hydroxylation is 1. The maximum absolute atomic E-state index is 12.5. The Morgan fingerprint density at radius 3 is 2.28 bits per heavy atom. The summed E-state index contributed by atoms with van der Waals surface area (Å²) in [6, 6.07) is 10.0. The molecule has 0 saturated carbocycles. The zero-order chi connectivity index (χ0) is 20.1. The van der Waals surface area contributed by atoms with Crippen molar-refractivity contribution in [1.29, 1.82) is 0 Å². The van der Waals surface area contributed by atoms with Gasteiger partial charge in [-0.25, -0.2) is 4.98 Å². The highest BCUT2D eigenvalue weighted by molar-refractivity contribution is 5.91. The average Bonchev–Trinajstić information content (AvgIpc) is 2.78. The molecular weight excluding hydrogens is 360 g/mol. The summed E-state index contributed by atoms with van der Waals surface area (Å²) in [5.74, 6) is 2.65. The molecule has 0 radical (unpaired) electrons. The van der Waals surface area contributed by atoms with Crippen molar-refractivity contribution in [3.63, 3.8) is 0 Å². The van der Waals surface area contributed by atoms with Gasteiger partial charge >= 0.3 is 0 Å². The van der Waals surface area contributed by atoms with Gasteiger partial charge in [0.25, 0.3) is 0 Å². The van der Waals surface area contributed by atoms with Crippen LogP contribution in [-0.2, 0) is 4.79 Å². The molecule has 2 aromatic rings. The second-order valence-electron chi connectivity index (χ2n) is 8.25. The summed E-state index contributed by atoms with van der Waals surface area (Å²) < 4.78 is 0. The number of carbonyl (C=O) groups is 1. The molecule has 0 atom stereocenters. The third-order valence-electron chi connectivity index (χ3n) is 6.34. The molecule has 0 aliphatic carbocycles. The van der Waals surface area contributed by atoms with E-state index in [1.165, 1.54) is 12.8 Å². The van der Waals surface area contributed by atoms with Gasteiger partial charge in [-0.2, -0.15) is 0 Å². The first-order valence-corrected chi connectivity index (χ1v) is 10.7. The Morgan fingerprint density at radius 2 is 1.62 bits per heavy atom. The van der Waals surface area contributed by atoms with Crippen LogP contribution < -0.4 is 4.90 Å². The molecule has 3 heterocycles. The molecule has 0 N–H and O–H groups in total. The van der Waals surface area contributed by atoms with E-state index in [2.05, 4.69) is 14.9 Å². The molecule has 1 amide bonds. The summed E-state index contributed by atoms with van der Waals surface area (Å²) in [5.41, 5.74) is 2.05. The Bertz CT molecular complexity index is 835. The van der Waals surface area contributed by atoms with E-state index in [4.69, 9.17) is 0 Å². The van der Waals surface area contributed by atoms with Crippen molar-refractivity contribution in [2.75, 3.05) is 31.1 Å². The van der Waals surface area contributed by atoms with Crippen molar-refractivity contribution in [3.8, 4) is 0 Å². The van der Waals surface area contributed by atoms with E-state index in [1.807, 2.05) is 54.4 Å². The van der Waals surface area contributed by atoms with E-state index < -0.39 is 0 Å². The first kappa shape index (κ1) is 19.6. The number of likely N-dealkylation sites (tertiary alicyclic amines) is 1. The standard InChI is InChI=1S/C24H30N4O/c1-19-17-25-18-23(26-19)27-13-9-21(10-14-27)22-11-15-28(16-12-22)24(29)8-7-20-5-3-2-4-6-20/h2-8,17-18,21-22H,9-16H2,1H3. The van der Waals surface area contributed by atoms with Crippen LogP contribution in [-0.4, -0.2) is 47.0 Å². The molecule has 2 saturated heterocycles. The fraction of sp³-hybridized carbons (Fsp3) is 0.458. The monoisotopic (exact) mass is 390 g/mol. The highest BCUT2D eigenvalue weighted by Crippen LogP contribution is 2.33. The molecule has 5 nitrogen and oxygen atoms in total. The number of piperidine rings is 2. The molecule has 1 aromatic heterocycles. The molecule has 0 unspecified atom stereocenters. The van der Waals surface area contributed by atoms with Crippen LogP contribution in [0, 0.1) is 18.8 Å². The number of hydrogen-bond donors (Lipinski definition) is 0. The van der Waals surface area contributed by atoms with Gasteiger partial charge in [-0.15, -0.1) is 0 Å². The van der Waals surface area contributed by atoms with E-state index >= 15 is 0 Å². The second-order valence-corrected chi connectivity index (χ2v) is 8.25. The highest BCUT2D eigenvalue weighted by Gasteiger charge is 2.30. The van der Waals surface area contributed by atoms with Gasteiger partial charge in [-0.1, -0.05) is 30.3 Å². The van der Waals surface area contributed by atoms with E-state index in [1.54, 1.807) is 12.3 Å². The SMILES string of the molecule is Cc1cncc(N2CCC(C3CCN(C(=O)C=Cc4ccccc4)CC3)CC2)n1. The first-order chi connectivity index (χ1) is 14.2. The fourth-order valence-electron chi connectivity index (χ4n) is 4.63. The fourth-order valence-corrected chi connectivity index (χ4v) is 4.63. The number of nitrogens with zero attached hydrogens (tertiary/aromatic N) is 4. The van der Waals surface area contributed by atoms with Gasteiger partial charge in [0.05, 0.1) is 11.9 Å². The van der Waals surface area contributed by atoms with Crippen LogP contribution in [0.1, 0.15) is 36.9 Å².